The van der Waals surface area contributed by atoms with Crippen molar-refractivity contribution in [3.05, 3.63) is 54.6 Å². The molecule has 0 saturated carbocycles. The monoisotopic (exact) mass is 208 g/mol. The summed E-state index contributed by atoms with van der Waals surface area (Å²) in [5.41, 5.74) is 0. The largest absolute Gasteiger partial charge is 0.214 e. The van der Waals surface area contributed by atoms with Gasteiger partial charge in [0.2, 0.25) is 0 Å². The van der Waals surface area contributed by atoms with E-state index in [0.29, 0.717) is 0 Å². The van der Waals surface area contributed by atoms with Crippen molar-refractivity contribution in [2.75, 3.05) is 0 Å². The van der Waals surface area contributed by atoms with E-state index < -0.39 is 0 Å². The molecule has 0 aromatic heterocycles. The predicted molar refractivity (Wildman–Crippen MR) is 49.5 cm³/mol. The van der Waals surface area contributed by atoms with E-state index in [1.54, 1.807) is 0 Å². The fourth-order valence-corrected chi connectivity index (χ4v) is 1.18. The molecule has 0 heterocycles. The van der Waals surface area contributed by atoms with Crippen LogP contribution in [0.1, 0.15) is 0 Å². The van der Waals surface area contributed by atoms with Gasteiger partial charge in [-0.2, -0.15) is 18.2 Å². The van der Waals surface area contributed by atoms with Crippen LogP contribution in [0.4, 0.5) is 0 Å². The van der Waals surface area contributed by atoms with Crippen molar-refractivity contribution in [2.24, 2.45) is 0 Å². The van der Waals surface area contributed by atoms with E-state index in [1.165, 1.54) is 30.7 Å². The zero-order chi connectivity index (χ0) is 7.94. The molecule has 0 fully saturated rings. The van der Waals surface area contributed by atoms with Crippen LogP contribution >= 0.6 is 0 Å². The normalized spacial score (nSPS) is 7.83. The first-order valence-corrected chi connectivity index (χ1v) is 4.74. The summed E-state index contributed by atoms with van der Waals surface area (Å²) in [6, 6.07) is 18.4. The molecule has 0 saturated heterocycles. The van der Waals surface area contributed by atoms with Gasteiger partial charge in [0.25, 0.3) is 0 Å². The molecule has 2 rings (SSSR count). The van der Waals surface area contributed by atoms with Gasteiger partial charge in [0.05, 0.1) is 0 Å². The second-order valence-electron chi connectivity index (χ2n) is 2.42. The van der Waals surface area contributed by atoms with Crippen LogP contribution in [0.25, 0.3) is 0 Å². The van der Waals surface area contributed by atoms with Gasteiger partial charge in [-0.05, 0) is 0 Å². The second kappa shape index (κ2) is 7.85. The van der Waals surface area contributed by atoms with Gasteiger partial charge in [-0.3, -0.25) is 0 Å². The maximum atomic E-state index is 2.15. The van der Waals surface area contributed by atoms with E-state index in [-0.39, 0.29) is 17.1 Å². The Morgan fingerprint density at radius 2 is 1.42 bits per heavy atom. The molecule has 0 bridgehead atoms. The molecule has 0 aliphatic rings. The molecule has 0 aliphatic heterocycles. The maximum Gasteiger partial charge on any atom is -0.172 e. The number of hydrogen-bond acceptors (Lipinski definition) is 0. The Bertz CT molecular complexity index is 228. The Labute approximate surface area is 102 Å². The Morgan fingerprint density at radius 1 is 0.917 bits per heavy atom. The molecule has 0 nitrogen and oxygen atoms in total. The first-order chi connectivity index (χ1) is 5.39. The van der Waals surface area contributed by atoms with Crippen LogP contribution in [-0.2, 0) is 17.1 Å². The molecule has 0 spiro atoms. The Morgan fingerprint density at radius 3 is 1.58 bits per heavy atom. The molecule has 0 atom stereocenters. The van der Waals surface area contributed by atoms with Gasteiger partial charge in [0.15, 0.2) is 0 Å². The van der Waals surface area contributed by atoms with E-state index in [2.05, 4.69) is 24.3 Å². The van der Waals surface area contributed by atoms with Crippen LogP contribution in [0.5, 0.6) is 0 Å². The molecule has 58 valence electrons. The summed E-state index contributed by atoms with van der Waals surface area (Å²) in [6.07, 6.45) is 0. The summed E-state index contributed by atoms with van der Waals surface area (Å²) in [5.74, 6) is 0. The zero-order valence-corrected chi connectivity index (χ0v) is 10.2. The third-order valence-corrected chi connectivity index (χ3v) is 2.05. The molecule has 0 aliphatic carbocycles. The van der Waals surface area contributed by atoms with Crippen LogP contribution in [0.2, 0.25) is 0 Å². The van der Waals surface area contributed by atoms with Gasteiger partial charge >= 0.3 is 72.1 Å². The number of hydrogen-bond donors (Lipinski definition) is 0. The fourth-order valence-electron chi connectivity index (χ4n) is 0.791. The average molecular weight is 208 g/mol. The maximum absolute atomic E-state index is 2.15. The number of rotatable bonds is 0. The molecular weight excluding hydrogens is 199 g/mol. The van der Waals surface area contributed by atoms with Crippen molar-refractivity contribution >= 4 is 30.7 Å². The van der Waals surface area contributed by atoms with E-state index in [0.717, 1.165) is 0 Å². The molecule has 0 unspecified atom stereocenters. The van der Waals surface area contributed by atoms with Crippen LogP contribution < -0.4 is 2.81 Å². The third kappa shape index (κ3) is 5.82. The molecule has 0 amide bonds. The molecule has 12 heavy (non-hydrogen) atoms. The van der Waals surface area contributed by atoms with Gasteiger partial charge in [-0.15, -0.1) is 0 Å². The van der Waals surface area contributed by atoms with Crippen molar-refractivity contribution in [3.63, 3.8) is 0 Å². The molecule has 0 N–H and O–H groups in total. The Hall–Kier alpha value is 0.219. The minimum absolute atomic E-state index is 0. The molecule has 2 aromatic rings. The Balaban J connectivity index is 0.000000189. The summed E-state index contributed by atoms with van der Waals surface area (Å²) in [5, 5.41) is 0. The summed E-state index contributed by atoms with van der Waals surface area (Å²) in [7, 11) is 0. The molecular formula is C10H9FeNa. The molecule has 2 heteroatoms. The van der Waals surface area contributed by atoms with Crippen molar-refractivity contribution in [2.45, 2.75) is 0 Å². The van der Waals surface area contributed by atoms with Gasteiger partial charge < -0.3 is 0 Å². The van der Waals surface area contributed by atoms with Crippen LogP contribution in [0, 0.1) is 0 Å². The quantitative estimate of drug-likeness (QED) is 0.455. The minimum atomic E-state index is 0. The molecule has 2 aromatic carbocycles. The van der Waals surface area contributed by atoms with Crippen molar-refractivity contribution < 1.29 is 17.1 Å². The summed E-state index contributed by atoms with van der Waals surface area (Å²) in [4.78, 5) is 0. The van der Waals surface area contributed by atoms with E-state index >= 15 is 0 Å². The van der Waals surface area contributed by atoms with Gasteiger partial charge in [-0.1, -0.05) is 0 Å². The van der Waals surface area contributed by atoms with Gasteiger partial charge in [0, 0.05) is 0 Å². The predicted octanol–water partition coefficient (Wildman–Crippen LogP) is 1.60. The van der Waals surface area contributed by atoms with E-state index in [1.807, 2.05) is 30.3 Å². The summed E-state index contributed by atoms with van der Waals surface area (Å²) in [6.45, 7) is 0. The van der Waals surface area contributed by atoms with Crippen LogP contribution in [0.3, 0.4) is 0 Å². The fraction of sp³-hybridized carbons (Fsp3) is 0. The van der Waals surface area contributed by atoms with Gasteiger partial charge in [0.1, 0.15) is 0 Å². The second-order valence-corrected chi connectivity index (χ2v) is 3.58. The summed E-state index contributed by atoms with van der Waals surface area (Å²) < 4.78 is 1.48. The Kier molecular flexibility index (Phi) is 7.99. The topological polar surface area (TPSA) is 0 Å². The zero-order valence-electron chi connectivity index (χ0n) is 7.05. The SMILES string of the molecule is [Fe+2].[Na][c-]1cccc1.c1cc[cH-]c1. The first kappa shape index (κ1) is 12.2. The van der Waals surface area contributed by atoms with Crippen LogP contribution in [0.15, 0.2) is 54.6 Å². The van der Waals surface area contributed by atoms with Crippen LogP contribution in [-0.4, -0.2) is 27.9 Å². The first-order valence-electron chi connectivity index (χ1n) is 3.74. The van der Waals surface area contributed by atoms with Gasteiger partial charge in [-0.25, -0.2) is 12.1 Å². The van der Waals surface area contributed by atoms with E-state index in [9.17, 15) is 0 Å². The van der Waals surface area contributed by atoms with E-state index in [4.69, 9.17) is 0 Å². The average Bonchev–Trinajstić information content (AvgIpc) is 2.57. The smallest absolute Gasteiger partial charge is 0.172 e. The summed E-state index contributed by atoms with van der Waals surface area (Å²) >= 11 is 1.20. The third-order valence-electron chi connectivity index (χ3n) is 1.38. The minimum Gasteiger partial charge on any atom is -0.214 e. The standard InChI is InChI=1S/C5H5.C5H4.Fe.Na/c2*1-2-4-5-3-1;;/h1-5H;1-4H;;/q2*-1;+2;. The molecule has 0 radical (unpaired) electrons. The van der Waals surface area contributed by atoms with Crippen molar-refractivity contribution in [1.29, 1.82) is 0 Å². The van der Waals surface area contributed by atoms with Crippen molar-refractivity contribution in [3.8, 4) is 0 Å². The van der Waals surface area contributed by atoms with Crippen molar-refractivity contribution in [1.82, 2.24) is 0 Å².